The molecule has 0 bridgehead atoms. The molecule has 5 rings (SSSR count). The van der Waals surface area contributed by atoms with E-state index in [1.165, 1.54) is 5.56 Å². The summed E-state index contributed by atoms with van der Waals surface area (Å²) in [6.07, 6.45) is 2.02. The van der Waals surface area contributed by atoms with Crippen LogP contribution in [-0.4, -0.2) is 12.5 Å². The number of carbonyl (C=O) groups excluding carboxylic acids is 1. The van der Waals surface area contributed by atoms with Gasteiger partial charge in [-0.05, 0) is 36.6 Å². The molecule has 0 aromatic heterocycles. The molecule has 0 spiro atoms. The zero-order chi connectivity index (χ0) is 17.5. The standard InChI is InChI=1S/C23H19NO2/c25-23(24-15-7-9-16-8-1-4-12-19(16)24)22-17-10-2-5-13-20(17)26-21-14-6-3-11-18(21)22/h1-6,8,10-14,22H,7,9,15H2. The van der Waals surface area contributed by atoms with Crippen molar-refractivity contribution in [1.29, 1.82) is 0 Å². The van der Waals surface area contributed by atoms with Gasteiger partial charge in [0.15, 0.2) is 0 Å². The van der Waals surface area contributed by atoms with Crippen LogP contribution in [0.1, 0.15) is 29.0 Å². The highest BCUT2D eigenvalue weighted by Gasteiger charge is 2.36. The fourth-order valence-corrected chi connectivity index (χ4v) is 4.09. The second-order valence-electron chi connectivity index (χ2n) is 6.83. The summed E-state index contributed by atoms with van der Waals surface area (Å²) in [5.74, 6) is 1.34. The summed E-state index contributed by atoms with van der Waals surface area (Å²) in [7, 11) is 0. The van der Waals surface area contributed by atoms with Gasteiger partial charge < -0.3 is 9.64 Å². The summed E-state index contributed by atoms with van der Waals surface area (Å²) >= 11 is 0. The number of aryl methyl sites for hydroxylation is 1. The number of benzene rings is 3. The minimum Gasteiger partial charge on any atom is -0.457 e. The molecule has 26 heavy (non-hydrogen) atoms. The smallest absolute Gasteiger partial charge is 0.239 e. The molecule has 0 radical (unpaired) electrons. The van der Waals surface area contributed by atoms with Crippen molar-refractivity contribution in [3.8, 4) is 11.5 Å². The van der Waals surface area contributed by atoms with Gasteiger partial charge in [0.25, 0.3) is 0 Å². The lowest BCUT2D eigenvalue weighted by Gasteiger charge is -2.35. The van der Waals surface area contributed by atoms with Crippen molar-refractivity contribution in [3.05, 3.63) is 89.5 Å². The lowest BCUT2D eigenvalue weighted by atomic mass is 9.86. The van der Waals surface area contributed by atoms with Gasteiger partial charge in [0.05, 0.1) is 5.92 Å². The summed E-state index contributed by atoms with van der Waals surface area (Å²) in [5.41, 5.74) is 4.18. The van der Waals surface area contributed by atoms with E-state index in [1.54, 1.807) is 0 Å². The van der Waals surface area contributed by atoms with Crippen molar-refractivity contribution >= 4 is 11.6 Å². The van der Waals surface area contributed by atoms with Gasteiger partial charge >= 0.3 is 0 Å². The predicted molar refractivity (Wildman–Crippen MR) is 102 cm³/mol. The number of hydrogen-bond acceptors (Lipinski definition) is 2. The second-order valence-corrected chi connectivity index (χ2v) is 6.83. The van der Waals surface area contributed by atoms with Crippen LogP contribution in [0, 0.1) is 0 Å². The second kappa shape index (κ2) is 6.03. The average Bonchev–Trinajstić information content (AvgIpc) is 2.71. The summed E-state index contributed by atoms with van der Waals surface area (Å²) in [6.45, 7) is 0.761. The van der Waals surface area contributed by atoms with E-state index >= 15 is 0 Å². The van der Waals surface area contributed by atoms with Gasteiger partial charge in [-0.15, -0.1) is 0 Å². The summed E-state index contributed by atoms with van der Waals surface area (Å²) < 4.78 is 6.04. The zero-order valence-corrected chi connectivity index (χ0v) is 14.4. The van der Waals surface area contributed by atoms with Crippen LogP contribution in [0.4, 0.5) is 5.69 Å². The first kappa shape index (κ1) is 15.2. The van der Waals surface area contributed by atoms with E-state index in [9.17, 15) is 4.79 Å². The van der Waals surface area contributed by atoms with E-state index in [4.69, 9.17) is 4.74 Å². The summed E-state index contributed by atoms with van der Waals surface area (Å²) in [5, 5.41) is 0. The van der Waals surface area contributed by atoms with Gasteiger partial charge in [-0.1, -0.05) is 54.6 Å². The first-order valence-electron chi connectivity index (χ1n) is 9.08. The fourth-order valence-electron chi connectivity index (χ4n) is 4.09. The number of fused-ring (bicyclic) bond motifs is 3. The summed E-state index contributed by atoms with van der Waals surface area (Å²) in [4.78, 5) is 15.7. The van der Waals surface area contributed by atoms with E-state index in [2.05, 4.69) is 12.1 Å². The number of anilines is 1. The Balaban J connectivity index is 1.64. The molecule has 2 aliphatic rings. The normalized spacial score (nSPS) is 15.5. The Morgan fingerprint density at radius 2 is 1.46 bits per heavy atom. The Labute approximate surface area is 152 Å². The molecule has 0 aliphatic carbocycles. The van der Waals surface area contributed by atoms with E-state index in [0.717, 1.165) is 47.7 Å². The maximum absolute atomic E-state index is 13.7. The van der Waals surface area contributed by atoms with Crippen LogP contribution in [0.15, 0.2) is 72.8 Å². The third-order valence-corrected chi connectivity index (χ3v) is 5.30. The largest absolute Gasteiger partial charge is 0.457 e. The highest BCUT2D eigenvalue weighted by atomic mass is 16.5. The maximum Gasteiger partial charge on any atom is 0.239 e. The number of nitrogens with zero attached hydrogens (tertiary/aromatic N) is 1. The first-order chi connectivity index (χ1) is 12.8. The van der Waals surface area contributed by atoms with Crippen molar-refractivity contribution in [2.24, 2.45) is 0 Å². The van der Waals surface area contributed by atoms with Crippen molar-refractivity contribution < 1.29 is 9.53 Å². The molecule has 3 heteroatoms. The first-order valence-corrected chi connectivity index (χ1v) is 9.08. The van der Waals surface area contributed by atoms with Gasteiger partial charge in [-0.2, -0.15) is 0 Å². The van der Waals surface area contributed by atoms with Crippen LogP contribution in [0.3, 0.4) is 0 Å². The van der Waals surface area contributed by atoms with Gasteiger partial charge in [0, 0.05) is 23.4 Å². The molecule has 3 aromatic carbocycles. The van der Waals surface area contributed by atoms with Gasteiger partial charge in [-0.25, -0.2) is 0 Å². The highest BCUT2D eigenvalue weighted by Crippen LogP contribution is 2.45. The van der Waals surface area contributed by atoms with Gasteiger partial charge in [-0.3, -0.25) is 4.79 Å². The minimum atomic E-state index is -0.331. The molecular formula is C23H19NO2. The molecule has 128 valence electrons. The molecule has 2 aliphatic heterocycles. The van der Waals surface area contributed by atoms with Crippen LogP contribution >= 0.6 is 0 Å². The molecule has 3 aromatic rings. The Morgan fingerprint density at radius 3 is 2.19 bits per heavy atom. The molecule has 1 amide bonds. The van der Waals surface area contributed by atoms with Crippen LogP contribution in [-0.2, 0) is 11.2 Å². The molecule has 0 atom stereocenters. The Bertz CT molecular complexity index is 949. The topological polar surface area (TPSA) is 29.5 Å². The quantitative estimate of drug-likeness (QED) is 0.630. The molecule has 0 fully saturated rings. The molecular weight excluding hydrogens is 322 g/mol. The van der Waals surface area contributed by atoms with Crippen LogP contribution in [0.2, 0.25) is 0 Å². The predicted octanol–water partition coefficient (Wildman–Crippen LogP) is 4.90. The SMILES string of the molecule is O=C(C1c2ccccc2Oc2ccccc21)N1CCCc2ccccc21. The average molecular weight is 341 g/mol. The highest BCUT2D eigenvalue weighted by molar-refractivity contribution is 6.02. The fraction of sp³-hybridized carbons (Fsp3) is 0.174. The van der Waals surface area contributed by atoms with E-state index in [0.29, 0.717) is 0 Å². The number of ether oxygens (including phenoxy) is 1. The number of para-hydroxylation sites is 3. The Hall–Kier alpha value is -3.07. The van der Waals surface area contributed by atoms with Gasteiger partial charge in [0.2, 0.25) is 5.91 Å². The van der Waals surface area contributed by atoms with Crippen LogP contribution in [0.5, 0.6) is 11.5 Å². The van der Waals surface area contributed by atoms with E-state index < -0.39 is 0 Å². The molecule has 3 nitrogen and oxygen atoms in total. The van der Waals surface area contributed by atoms with Crippen molar-refractivity contribution in [3.63, 3.8) is 0 Å². The molecule has 0 N–H and O–H groups in total. The lowest BCUT2D eigenvalue weighted by molar-refractivity contribution is -0.119. The van der Waals surface area contributed by atoms with Crippen molar-refractivity contribution in [2.75, 3.05) is 11.4 Å². The van der Waals surface area contributed by atoms with Crippen LogP contribution in [0.25, 0.3) is 0 Å². The lowest BCUT2D eigenvalue weighted by Crippen LogP contribution is -2.39. The minimum absolute atomic E-state index is 0.125. The van der Waals surface area contributed by atoms with Crippen LogP contribution < -0.4 is 9.64 Å². The van der Waals surface area contributed by atoms with Crippen molar-refractivity contribution in [2.45, 2.75) is 18.8 Å². The van der Waals surface area contributed by atoms with E-state index in [-0.39, 0.29) is 11.8 Å². The Morgan fingerprint density at radius 1 is 0.846 bits per heavy atom. The van der Waals surface area contributed by atoms with Crippen molar-refractivity contribution in [1.82, 2.24) is 0 Å². The number of hydrogen-bond donors (Lipinski definition) is 0. The molecule has 0 unspecified atom stereocenters. The third kappa shape index (κ3) is 2.31. The maximum atomic E-state index is 13.7. The van der Waals surface area contributed by atoms with E-state index in [1.807, 2.05) is 65.6 Å². The van der Waals surface area contributed by atoms with Gasteiger partial charge in [0.1, 0.15) is 11.5 Å². The zero-order valence-electron chi connectivity index (χ0n) is 14.4. The molecule has 2 heterocycles. The number of carbonyl (C=O) groups is 1. The molecule has 0 saturated carbocycles. The summed E-state index contributed by atoms with van der Waals surface area (Å²) in [6, 6.07) is 24.0. The monoisotopic (exact) mass is 341 g/mol. The third-order valence-electron chi connectivity index (χ3n) is 5.30. The number of amides is 1. The Kier molecular flexibility index (Phi) is 3.52. The number of rotatable bonds is 1. The molecule has 0 saturated heterocycles.